The SMILES string of the molecule is CCn1cc(-c2ccc(OC)cc2)c(=O)c2cc(C)ccc21. The summed E-state index contributed by atoms with van der Waals surface area (Å²) < 4.78 is 7.30. The number of rotatable bonds is 3. The molecule has 0 unspecified atom stereocenters. The lowest BCUT2D eigenvalue weighted by Crippen LogP contribution is -2.11. The Morgan fingerprint density at radius 1 is 1.09 bits per heavy atom. The van der Waals surface area contributed by atoms with Crippen molar-refractivity contribution < 1.29 is 4.74 Å². The molecule has 2 aromatic carbocycles. The number of aromatic nitrogens is 1. The van der Waals surface area contributed by atoms with Crippen LogP contribution in [0.15, 0.2) is 53.5 Å². The van der Waals surface area contributed by atoms with Crippen LogP contribution < -0.4 is 10.2 Å². The maximum atomic E-state index is 12.9. The molecular weight excluding hydrogens is 274 g/mol. The summed E-state index contributed by atoms with van der Waals surface area (Å²) in [5.41, 5.74) is 3.79. The average Bonchev–Trinajstić information content (AvgIpc) is 2.56. The van der Waals surface area contributed by atoms with Gasteiger partial charge in [-0.05, 0) is 43.7 Å². The van der Waals surface area contributed by atoms with Crippen molar-refractivity contribution in [3.8, 4) is 16.9 Å². The molecule has 112 valence electrons. The van der Waals surface area contributed by atoms with E-state index in [2.05, 4.69) is 11.5 Å². The normalized spacial score (nSPS) is 10.9. The number of hydrogen-bond acceptors (Lipinski definition) is 2. The third-order valence-electron chi connectivity index (χ3n) is 3.98. The molecule has 0 aliphatic carbocycles. The molecule has 0 aliphatic rings. The van der Waals surface area contributed by atoms with Gasteiger partial charge in [-0.25, -0.2) is 0 Å². The first-order valence-corrected chi connectivity index (χ1v) is 7.42. The maximum Gasteiger partial charge on any atom is 0.197 e. The van der Waals surface area contributed by atoms with Gasteiger partial charge in [-0.3, -0.25) is 4.79 Å². The summed E-state index contributed by atoms with van der Waals surface area (Å²) in [5, 5.41) is 0.773. The number of ether oxygens (including phenoxy) is 1. The fourth-order valence-electron chi connectivity index (χ4n) is 2.75. The number of methoxy groups -OCH3 is 1. The fourth-order valence-corrected chi connectivity index (χ4v) is 2.75. The largest absolute Gasteiger partial charge is 0.497 e. The van der Waals surface area contributed by atoms with Gasteiger partial charge in [-0.2, -0.15) is 0 Å². The summed E-state index contributed by atoms with van der Waals surface area (Å²) in [5.74, 6) is 0.788. The molecule has 0 aliphatic heterocycles. The topological polar surface area (TPSA) is 31.2 Å². The van der Waals surface area contributed by atoms with E-state index in [0.717, 1.165) is 39.9 Å². The molecule has 3 aromatic rings. The Morgan fingerprint density at radius 2 is 1.82 bits per heavy atom. The third kappa shape index (κ3) is 2.39. The zero-order chi connectivity index (χ0) is 15.7. The number of benzene rings is 2. The lowest BCUT2D eigenvalue weighted by molar-refractivity contribution is 0.415. The highest BCUT2D eigenvalue weighted by Gasteiger charge is 2.10. The number of hydrogen-bond donors (Lipinski definition) is 0. The van der Waals surface area contributed by atoms with Crippen LogP contribution in [0.3, 0.4) is 0 Å². The van der Waals surface area contributed by atoms with Crippen molar-refractivity contribution in [3.63, 3.8) is 0 Å². The molecule has 0 radical (unpaired) electrons. The van der Waals surface area contributed by atoms with E-state index in [0.29, 0.717) is 0 Å². The van der Waals surface area contributed by atoms with Crippen molar-refractivity contribution in [3.05, 3.63) is 64.4 Å². The van der Waals surface area contributed by atoms with Gasteiger partial charge in [0.25, 0.3) is 0 Å². The van der Waals surface area contributed by atoms with Crippen molar-refractivity contribution in [1.82, 2.24) is 4.57 Å². The Labute approximate surface area is 129 Å². The average molecular weight is 293 g/mol. The summed E-state index contributed by atoms with van der Waals surface area (Å²) in [6, 6.07) is 13.6. The molecule has 0 fully saturated rings. The molecule has 3 heteroatoms. The van der Waals surface area contributed by atoms with Gasteiger partial charge in [0, 0.05) is 23.7 Å². The van der Waals surface area contributed by atoms with Crippen molar-refractivity contribution in [2.45, 2.75) is 20.4 Å². The predicted molar refractivity (Wildman–Crippen MR) is 90.6 cm³/mol. The highest BCUT2D eigenvalue weighted by atomic mass is 16.5. The molecule has 0 saturated heterocycles. The summed E-state index contributed by atoms with van der Waals surface area (Å²) in [6.45, 7) is 4.92. The molecule has 1 heterocycles. The summed E-state index contributed by atoms with van der Waals surface area (Å²) in [6.07, 6.45) is 1.95. The van der Waals surface area contributed by atoms with Crippen molar-refractivity contribution in [1.29, 1.82) is 0 Å². The van der Waals surface area contributed by atoms with Gasteiger partial charge in [0.05, 0.1) is 12.6 Å². The summed E-state index contributed by atoms with van der Waals surface area (Å²) in [7, 11) is 1.64. The number of fused-ring (bicyclic) bond motifs is 1. The lowest BCUT2D eigenvalue weighted by Gasteiger charge is -2.12. The third-order valence-corrected chi connectivity index (χ3v) is 3.98. The lowest BCUT2D eigenvalue weighted by atomic mass is 10.0. The van der Waals surface area contributed by atoms with Crippen LogP contribution >= 0.6 is 0 Å². The minimum Gasteiger partial charge on any atom is -0.497 e. The van der Waals surface area contributed by atoms with Crippen LogP contribution in [0.1, 0.15) is 12.5 Å². The number of aryl methyl sites for hydroxylation is 2. The van der Waals surface area contributed by atoms with Gasteiger partial charge < -0.3 is 9.30 Å². The second kappa shape index (κ2) is 5.68. The molecule has 3 rings (SSSR count). The van der Waals surface area contributed by atoms with Crippen molar-refractivity contribution in [2.24, 2.45) is 0 Å². The first kappa shape index (κ1) is 14.4. The Hall–Kier alpha value is -2.55. The van der Waals surface area contributed by atoms with E-state index in [1.54, 1.807) is 7.11 Å². The predicted octanol–water partition coefficient (Wildman–Crippen LogP) is 4.01. The molecule has 0 amide bonds. The van der Waals surface area contributed by atoms with Crippen LogP contribution in [0.4, 0.5) is 0 Å². The highest BCUT2D eigenvalue weighted by molar-refractivity contribution is 5.84. The van der Waals surface area contributed by atoms with E-state index in [4.69, 9.17) is 4.74 Å². The molecular formula is C19H19NO2. The Bertz CT molecular complexity index is 876. The van der Waals surface area contributed by atoms with Gasteiger partial charge in [0.1, 0.15) is 5.75 Å². The zero-order valence-corrected chi connectivity index (χ0v) is 13.1. The molecule has 0 bridgehead atoms. The van der Waals surface area contributed by atoms with Gasteiger partial charge in [-0.15, -0.1) is 0 Å². The highest BCUT2D eigenvalue weighted by Crippen LogP contribution is 2.23. The molecule has 0 saturated carbocycles. The quantitative estimate of drug-likeness (QED) is 0.730. The van der Waals surface area contributed by atoms with E-state index >= 15 is 0 Å². The standard InChI is InChI=1S/C19H19NO2/c1-4-20-12-17(14-6-8-15(22-3)9-7-14)19(21)16-11-13(2)5-10-18(16)20/h5-12H,4H2,1-3H3. The first-order chi connectivity index (χ1) is 10.6. The first-order valence-electron chi connectivity index (χ1n) is 7.42. The minimum absolute atomic E-state index is 0.0774. The van der Waals surface area contributed by atoms with Crippen LogP contribution in [0.2, 0.25) is 0 Å². The van der Waals surface area contributed by atoms with E-state index in [1.807, 2.05) is 55.6 Å². The summed E-state index contributed by atoms with van der Waals surface area (Å²) >= 11 is 0. The minimum atomic E-state index is 0.0774. The van der Waals surface area contributed by atoms with Crippen LogP contribution in [0, 0.1) is 6.92 Å². The Balaban J connectivity index is 2.29. The monoisotopic (exact) mass is 293 g/mol. The van der Waals surface area contributed by atoms with Crippen molar-refractivity contribution >= 4 is 10.9 Å². The van der Waals surface area contributed by atoms with Gasteiger partial charge >= 0.3 is 0 Å². The smallest absolute Gasteiger partial charge is 0.197 e. The van der Waals surface area contributed by atoms with Gasteiger partial charge in [0.2, 0.25) is 0 Å². The van der Waals surface area contributed by atoms with E-state index < -0.39 is 0 Å². The van der Waals surface area contributed by atoms with Gasteiger partial charge in [0.15, 0.2) is 5.43 Å². The number of nitrogens with zero attached hydrogens (tertiary/aromatic N) is 1. The van der Waals surface area contributed by atoms with Crippen LogP contribution in [0.25, 0.3) is 22.0 Å². The van der Waals surface area contributed by atoms with Crippen LogP contribution in [-0.4, -0.2) is 11.7 Å². The molecule has 1 aromatic heterocycles. The summed E-state index contributed by atoms with van der Waals surface area (Å²) in [4.78, 5) is 12.9. The molecule has 0 spiro atoms. The molecule has 3 nitrogen and oxygen atoms in total. The van der Waals surface area contributed by atoms with E-state index in [9.17, 15) is 4.79 Å². The van der Waals surface area contributed by atoms with E-state index in [-0.39, 0.29) is 5.43 Å². The van der Waals surface area contributed by atoms with Crippen molar-refractivity contribution in [2.75, 3.05) is 7.11 Å². The Morgan fingerprint density at radius 3 is 2.45 bits per heavy atom. The van der Waals surface area contributed by atoms with Crippen LogP contribution in [-0.2, 0) is 6.54 Å². The number of pyridine rings is 1. The Kier molecular flexibility index (Phi) is 3.72. The molecule has 0 N–H and O–H groups in total. The van der Waals surface area contributed by atoms with E-state index in [1.165, 1.54) is 0 Å². The second-order valence-corrected chi connectivity index (χ2v) is 5.41. The van der Waals surface area contributed by atoms with Crippen LogP contribution in [0.5, 0.6) is 5.75 Å². The zero-order valence-electron chi connectivity index (χ0n) is 13.1. The van der Waals surface area contributed by atoms with Gasteiger partial charge in [-0.1, -0.05) is 23.8 Å². The second-order valence-electron chi connectivity index (χ2n) is 5.41. The fraction of sp³-hybridized carbons (Fsp3) is 0.211. The maximum absolute atomic E-state index is 12.9. The molecule has 22 heavy (non-hydrogen) atoms. The molecule has 0 atom stereocenters.